The van der Waals surface area contributed by atoms with Crippen molar-refractivity contribution in [1.29, 1.82) is 0 Å². The van der Waals surface area contributed by atoms with Crippen molar-refractivity contribution in [2.45, 2.75) is 70.4 Å². The Kier molecular flexibility index (Phi) is 6.64. The van der Waals surface area contributed by atoms with Gasteiger partial charge >= 0.3 is 0 Å². The molecule has 5 heteroatoms. The summed E-state index contributed by atoms with van der Waals surface area (Å²) in [6, 6.07) is 1.44. The molecule has 24 heavy (non-hydrogen) atoms. The van der Waals surface area contributed by atoms with E-state index in [1.165, 1.54) is 63.7 Å². The summed E-state index contributed by atoms with van der Waals surface area (Å²) in [5, 5.41) is 4.63. The van der Waals surface area contributed by atoms with Crippen molar-refractivity contribution in [3.63, 3.8) is 0 Å². The summed E-state index contributed by atoms with van der Waals surface area (Å²) in [5.41, 5.74) is 1.37. The predicted octanol–water partition coefficient (Wildman–Crippen LogP) is 4.07. The van der Waals surface area contributed by atoms with Crippen LogP contribution in [0.3, 0.4) is 0 Å². The third-order valence-electron chi connectivity index (χ3n) is 6.01. The first-order valence-electron chi connectivity index (χ1n) is 9.71. The van der Waals surface area contributed by atoms with Gasteiger partial charge in [0.25, 0.3) is 0 Å². The SMILES string of the molecule is CSNC[C@H]1CC[C@@H](N2CCC(n3cc(C(C)C)cn3)CC2)CC1. The van der Waals surface area contributed by atoms with Crippen molar-refractivity contribution >= 4 is 11.9 Å². The molecule has 1 aromatic rings. The summed E-state index contributed by atoms with van der Waals surface area (Å²) >= 11 is 1.76. The largest absolute Gasteiger partial charge is 0.300 e. The number of hydrogen-bond acceptors (Lipinski definition) is 4. The van der Waals surface area contributed by atoms with Crippen LogP contribution in [0.25, 0.3) is 0 Å². The van der Waals surface area contributed by atoms with E-state index in [1.807, 2.05) is 0 Å². The van der Waals surface area contributed by atoms with Crippen LogP contribution in [0.2, 0.25) is 0 Å². The van der Waals surface area contributed by atoms with Gasteiger partial charge in [-0.25, -0.2) is 0 Å². The average Bonchev–Trinajstić information content (AvgIpc) is 3.11. The lowest BCUT2D eigenvalue weighted by molar-refractivity contribution is 0.0944. The molecule has 2 fully saturated rings. The Morgan fingerprint density at radius 3 is 2.42 bits per heavy atom. The number of aromatic nitrogens is 2. The number of rotatable bonds is 6. The molecule has 0 aromatic carbocycles. The summed E-state index contributed by atoms with van der Waals surface area (Å²) in [4.78, 5) is 2.77. The highest BCUT2D eigenvalue weighted by molar-refractivity contribution is 7.96. The highest BCUT2D eigenvalue weighted by atomic mass is 32.2. The third-order valence-corrected chi connectivity index (χ3v) is 6.47. The fourth-order valence-corrected chi connectivity index (χ4v) is 4.68. The van der Waals surface area contributed by atoms with E-state index in [2.05, 4.69) is 51.9 Å². The molecule has 0 atom stereocenters. The minimum absolute atomic E-state index is 0.578. The second kappa shape index (κ2) is 8.72. The molecule has 1 aromatic heterocycles. The van der Waals surface area contributed by atoms with Crippen LogP contribution in [0.4, 0.5) is 0 Å². The zero-order chi connectivity index (χ0) is 16.9. The predicted molar refractivity (Wildman–Crippen MR) is 103 cm³/mol. The summed E-state index contributed by atoms with van der Waals surface area (Å²) in [5.74, 6) is 1.47. The molecule has 136 valence electrons. The molecular weight excluding hydrogens is 316 g/mol. The maximum atomic E-state index is 4.63. The van der Waals surface area contributed by atoms with E-state index >= 15 is 0 Å². The lowest BCUT2D eigenvalue weighted by Gasteiger charge is -2.40. The first kappa shape index (κ1) is 18.3. The van der Waals surface area contributed by atoms with Gasteiger partial charge in [-0.2, -0.15) is 5.10 Å². The van der Waals surface area contributed by atoms with Crippen LogP contribution >= 0.6 is 11.9 Å². The maximum absolute atomic E-state index is 4.63. The van der Waals surface area contributed by atoms with Crippen LogP contribution in [0.1, 0.15) is 69.9 Å². The molecule has 0 unspecified atom stereocenters. The number of nitrogens with zero attached hydrogens (tertiary/aromatic N) is 3. The van der Waals surface area contributed by atoms with Crippen LogP contribution < -0.4 is 4.72 Å². The van der Waals surface area contributed by atoms with Crippen molar-refractivity contribution < 1.29 is 0 Å². The minimum atomic E-state index is 0.578. The van der Waals surface area contributed by atoms with Gasteiger partial charge in [0.2, 0.25) is 0 Å². The Morgan fingerprint density at radius 2 is 1.83 bits per heavy atom. The second-order valence-electron chi connectivity index (χ2n) is 7.90. The van der Waals surface area contributed by atoms with E-state index in [1.54, 1.807) is 11.9 Å². The minimum Gasteiger partial charge on any atom is -0.300 e. The Morgan fingerprint density at radius 1 is 1.12 bits per heavy atom. The molecule has 3 rings (SSSR count). The number of hydrogen-bond donors (Lipinski definition) is 1. The van der Waals surface area contributed by atoms with Gasteiger partial charge in [-0.3, -0.25) is 9.40 Å². The van der Waals surface area contributed by atoms with Gasteiger partial charge in [-0.1, -0.05) is 25.8 Å². The Labute approximate surface area is 151 Å². The summed E-state index contributed by atoms with van der Waals surface area (Å²) < 4.78 is 5.67. The number of nitrogens with one attached hydrogen (secondary N) is 1. The van der Waals surface area contributed by atoms with Gasteiger partial charge in [0.1, 0.15) is 0 Å². The first-order chi connectivity index (χ1) is 11.7. The molecule has 0 amide bonds. The fraction of sp³-hybridized carbons (Fsp3) is 0.842. The Balaban J connectivity index is 1.44. The van der Waals surface area contributed by atoms with Crippen molar-refractivity contribution in [2.24, 2.45) is 5.92 Å². The molecule has 4 nitrogen and oxygen atoms in total. The quantitative estimate of drug-likeness (QED) is 0.784. The van der Waals surface area contributed by atoms with E-state index in [0.717, 1.165) is 12.0 Å². The maximum Gasteiger partial charge on any atom is 0.0543 e. The molecule has 1 saturated carbocycles. The molecule has 1 aliphatic carbocycles. The molecule has 1 saturated heterocycles. The van der Waals surface area contributed by atoms with E-state index in [0.29, 0.717) is 12.0 Å². The fourth-order valence-electron chi connectivity index (χ4n) is 4.28. The lowest BCUT2D eigenvalue weighted by Crippen LogP contribution is -2.44. The molecule has 1 aliphatic heterocycles. The highest BCUT2D eigenvalue weighted by Gasteiger charge is 2.29. The van der Waals surface area contributed by atoms with Crippen molar-refractivity contribution in [2.75, 3.05) is 25.9 Å². The lowest BCUT2D eigenvalue weighted by atomic mass is 9.84. The van der Waals surface area contributed by atoms with E-state index in [4.69, 9.17) is 0 Å². The zero-order valence-corrected chi connectivity index (χ0v) is 16.4. The topological polar surface area (TPSA) is 33.1 Å². The molecule has 0 radical (unpaired) electrons. The molecular formula is C19H34N4S. The van der Waals surface area contributed by atoms with Gasteiger partial charge < -0.3 is 4.90 Å². The molecule has 0 bridgehead atoms. The summed E-state index contributed by atoms with van der Waals surface area (Å²) in [6.45, 7) is 8.18. The Hall–Kier alpha value is -0.520. The van der Waals surface area contributed by atoms with Crippen LogP contribution in [0.5, 0.6) is 0 Å². The normalized spacial score (nSPS) is 27.0. The highest BCUT2D eigenvalue weighted by Crippen LogP contribution is 2.31. The third kappa shape index (κ3) is 4.55. The first-order valence-corrected chi connectivity index (χ1v) is 10.9. The summed E-state index contributed by atoms with van der Waals surface area (Å²) in [6.07, 6.45) is 14.6. The van der Waals surface area contributed by atoms with Gasteiger partial charge in [-0.05, 0) is 62.2 Å². The van der Waals surface area contributed by atoms with Gasteiger partial charge in [0.05, 0.1) is 12.2 Å². The van der Waals surface area contributed by atoms with Gasteiger partial charge in [0, 0.05) is 31.9 Å². The molecule has 2 aliphatic rings. The van der Waals surface area contributed by atoms with Crippen LogP contribution in [-0.2, 0) is 0 Å². The summed E-state index contributed by atoms with van der Waals surface area (Å²) in [7, 11) is 0. The number of piperidine rings is 1. The van der Waals surface area contributed by atoms with Crippen molar-refractivity contribution in [3.05, 3.63) is 18.0 Å². The van der Waals surface area contributed by atoms with Crippen LogP contribution in [-0.4, -0.2) is 46.6 Å². The van der Waals surface area contributed by atoms with Crippen LogP contribution in [0, 0.1) is 5.92 Å². The van der Waals surface area contributed by atoms with Gasteiger partial charge in [-0.15, -0.1) is 0 Å². The van der Waals surface area contributed by atoms with Gasteiger partial charge in [0.15, 0.2) is 0 Å². The smallest absolute Gasteiger partial charge is 0.0543 e. The van der Waals surface area contributed by atoms with Crippen molar-refractivity contribution in [3.8, 4) is 0 Å². The standard InChI is InChI=1S/C19H34N4S/c1-15(2)17-13-20-23(14-17)19-8-10-22(11-9-19)18-6-4-16(5-7-18)12-21-24-3/h13-16,18-19,21H,4-12H2,1-3H3/t16-,18+. The zero-order valence-electron chi connectivity index (χ0n) is 15.6. The Bertz CT molecular complexity index is 485. The van der Waals surface area contributed by atoms with E-state index < -0.39 is 0 Å². The molecule has 1 N–H and O–H groups in total. The van der Waals surface area contributed by atoms with E-state index in [9.17, 15) is 0 Å². The average molecular weight is 351 g/mol. The van der Waals surface area contributed by atoms with Crippen molar-refractivity contribution in [1.82, 2.24) is 19.4 Å². The van der Waals surface area contributed by atoms with Crippen LogP contribution in [0.15, 0.2) is 12.4 Å². The van der Waals surface area contributed by atoms with E-state index in [-0.39, 0.29) is 0 Å². The monoisotopic (exact) mass is 350 g/mol. The second-order valence-corrected chi connectivity index (χ2v) is 8.60. The number of likely N-dealkylation sites (tertiary alicyclic amines) is 1. The molecule has 0 spiro atoms. The molecule has 2 heterocycles.